The van der Waals surface area contributed by atoms with Crippen molar-refractivity contribution in [2.75, 3.05) is 0 Å². The van der Waals surface area contributed by atoms with Crippen LogP contribution in [-0.4, -0.2) is 14.5 Å². The maximum Gasteiger partial charge on any atom is 0.280 e. The molecule has 2 heterocycles. The average Bonchev–Trinajstić information content (AvgIpc) is 3.12. The van der Waals surface area contributed by atoms with Gasteiger partial charge in [0.05, 0.1) is 18.4 Å². The lowest BCUT2D eigenvalue weighted by Crippen LogP contribution is -2.23. The number of hydrogen-bond acceptors (Lipinski definition) is 3. The van der Waals surface area contributed by atoms with E-state index >= 15 is 0 Å². The van der Waals surface area contributed by atoms with Crippen molar-refractivity contribution >= 4 is 16.6 Å². The van der Waals surface area contributed by atoms with Crippen molar-refractivity contribution in [3.63, 3.8) is 0 Å². The van der Waals surface area contributed by atoms with Crippen LogP contribution in [0.25, 0.3) is 16.6 Å². The first-order chi connectivity index (χ1) is 14.5. The normalized spacial score (nSPS) is 20.2. The Labute approximate surface area is 171 Å². The predicted octanol–water partition coefficient (Wildman–Crippen LogP) is 4.65. The fourth-order valence-electron chi connectivity index (χ4n) is 4.28. The van der Waals surface area contributed by atoms with E-state index in [0.717, 1.165) is 12.0 Å². The largest absolute Gasteiger partial charge is 0.293 e. The highest BCUT2D eigenvalue weighted by atomic mass is 19.1. The van der Waals surface area contributed by atoms with Crippen LogP contribution < -0.4 is 5.56 Å². The Balaban J connectivity index is 1.47. The molecule has 0 spiro atoms. The summed E-state index contributed by atoms with van der Waals surface area (Å²) in [6, 6.07) is 6.02. The van der Waals surface area contributed by atoms with Gasteiger partial charge in [0.1, 0.15) is 11.6 Å². The number of allylic oxidation sites excluding steroid dienone is 6. The summed E-state index contributed by atoms with van der Waals surface area (Å²) in [4.78, 5) is 20.8. The highest BCUT2D eigenvalue weighted by Crippen LogP contribution is 2.39. The molecule has 4 nitrogen and oxygen atoms in total. The molecule has 2 aliphatic rings. The van der Waals surface area contributed by atoms with Gasteiger partial charge in [0.15, 0.2) is 5.52 Å². The first kappa shape index (κ1) is 18.6. The van der Waals surface area contributed by atoms with Gasteiger partial charge in [-0.3, -0.25) is 9.36 Å². The Morgan fingerprint density at radius 1 is 1.20 bits per heavy atom. The predicted molar refractivity (Wildman–Crippen MR) is 112 cm³/mol. The first-order valence-corrected chi connectivity index (χ1v) is 9.86. The van der Waals surface area contributed by atoms with Crippen LogP contribution in [0.3, 0.4) is 0 Å². The zero-order chi connectivity index (χ0) is 20.8. The molecular formula is C24H19F2N3O. The minimum Gasteiger partial charge on any atom is -0.293 e. The van der Waals surface area contributed by atoms with E-state index in [1.54, 1.807) is 12.1 Å². The molecule has 0 radical (unpaired) electrons. The topological polar surface area (TPSA) is 47.8 Å². The molecule has 0 aliphatic heterocycles. The maximum atomic E-state index is 14.9. The zero-order valence-electron chi connectivity index (χ0n) is 16.3. The fourth-order valence-corrected chi connectivity index (χ4v) is 4.28. The van der Waals surface area contributed by atoms with Crippen LogP contribution in [0.4, 0.5) is 8.78 Å². The van der Waals surface area contributed by atoms with E-state index in [1.807, 2.05) is 6.08 Å². The lowest BCUT2D eigenvalue weighted by molar-refractivity contribution is 0.540. The summed E-state index contributed by atoms with van der Waals surface area (Å²) in [6.45, 7) is 1.86. The molecule has 0 N–H and O–H groups in total. The standard InChI is InChI=1S/C24H19F2N3O/c1-14-4-5-16-9-15(6-7-18(14)16)17-10-20(25)19(21(26)11-17)12-29-13-28-22-3-2-8-27-23(22)24(29)30/h2-4,6-11,13,16,18H,5,12H2,1H3. The van der Waals surface area contributed by atoms with Gasteiger partial charge < -0.3 is 0 Å². The van der Waals surface area contributed by atoms with Gasteiger partial charge in [0.25, 0.3) is 5.56 Å². The van der Waals surface area contributed by atoms with Gasteiger partial charge in [0, 0.05) is 17.7 Å². The molecule has 0 amide bonds. The Morgan fingerprint density at radius 3 is 2.80 bits per heavy atom. The molecular weight excluding hydrogens is 384 g/mol. The van der Waals surface area contributed by atoms with Gasteiger partial charge in [0.2, 0.25) is 0 Å². The third-order valence-electron chi connectivity index (χ3n) is 5.96. The van der Waals surface area contributed by atoms with Crippen molar-refractivity contribution in [2.24, 2.45) is 11.8 Å². The van der Waals surface area contributed by atoms with Crippen molar-refractivity contribution in [1.82, 2.24) is 14.5 Å². The number of hydrogen-bond donors (Lipinski definition) is 0. The van der Waals surface area contributed by atoms with Gasteiger partial charge in [-0.05, 0) is 54.7 Å². The molecule has 0 bridgehead atoms. The molecule has 2 aliphatic carbocycles. The Kier molecular flexibility index (Phi) is 4.42. The summed E-state index contributed by atoms with van der Waals surface area (Å²) in [7, 11) is 0. The second-order valence-electron chi connectivity index (χ2n) is 7.82. The van der Waals surface area contributed by atoms with Crippen molar-refractivity contribution in [1.29, 1.82) is 0 Å². The number of benzene rings is 1. The molecule has 3 aromatic rings. The summed E-state index contributed by atoms with van der Waals surface area (Å²) in [5, 5.41) is 0. The minimum atomic E-state index is -0.685. The van der Waals surface area contributed by atoms with Crippen molar-refractivity contribution in [2.45, 2.75) is 19.9 Å². The van der Waals surface area contributed by atoms with Gasteiger partial charge in [-0.1, -0.05) is 29.9 Å². The zero-order valence-corrected chi connectivity index (χ0v) is 16.3. The molecule has 30 heavy (non-hydrogen) atoms. The van der Waals surface area contributed by atoms with Gasteiger partial charge in [-0.2, -0.15) is 0 Å². The Bertz CT molecular complexity index is 1300. The van der Waals surface area contributed by atoms with Crippen molar-refractivity contribution in [3.05, 3.63) is 99.8 Å². The second kappa shape index (κ2) is 7.13. The number of fused-ring (bicyclic) bond motifs is 2. The van der Waals surface area contributed by atoms with Crippen LogP contribution in [0.5, 0.6) is 0 Å². The van der Waals surface area contributed by atoms with Crippen LogP contribution in [0, 0.1) is 23.5 Å². The molecule has 2 unspecified atom stereocenters. The lowest BCUT2D eigenvalue weighted by Gasteiger charge is -2.21. The Morgan fingerprint density at radius 2 is 2.00 bits per heavy atom. The quantitative estimate of drug-likeness (QED) is 0.598. The minimum absolute atomic E-state index is 0.171. The molecule has 0 saturated heterocycles. The number of nitrogens with zero attached hydrogens (tertiary/aromatic N) is 3. The average molecular weight is 403 g/mol. The van der Waals surface area contributed by atoms with E-state index in [1.165, 1.54) is 34.8 Å². The monoisotopic (exact) mass is 403 g/mol. The van der Waals surface area contributed by atoms with Crippen LogP contribution in [0.15, 0.2) is 71.5 Å². The fraction of sp³-hybridized carbons (Fsp3) is 0.208. The summed E-state index contributed by atoms with van der Waals surface area (Å²) in [6.07, 6.45) is 12.1. The maximum absolute atomic E-state index is 14.9. The van der Waals surface area contributed by atoms with E-state index in [4.69, 9.17) is 0 Å². The first-order valence-electron chi connectivity index (χ1n) is 9.86. The van der Waals surface area contributed by atoms with Crippen LogP contribution in [-0.2, 0) is 6.54 Å². The molecule has 1 aromatic carbocycles. The van der Waals surface area contributed by atoms with Crippen LogP contribution in [0.1, 0.15) is 24.5 Å². The van der Waals surface area contributed by atoms with Crippen molar-refractivity contribution in [3.8, 4) is 0 Å². The van der Waals surface area contributed by atoms with Gasteiger partial charge in [-0.15, -0.1) is 0 Å². The molecule has 0 fully saturated rings. The second-order valence-corrected chi connectivity index (χ2v) is 7.82. The molecule has 2 aromatic heterocycles. The van der Waals surface area contributed by atoms with E-state index in [9.17, 15) is 13.6 Å². The summed E-state index contributed by atoms with van der Waals surface area (Å²) < 4.78 is 30.9. The van der Waals surface area contributed by atoms with Crippen LogP contribution >= 0.6 is 0 Å². The smallest absolute Gasteiger partial charge is 0.280 e. The van der Waals surface area contributed by atoms with Gasteiger partial charge in [-0.25, -0.2) is 18.7 Å². The summed E-state index contributed by atoms with van der Waals surface area (Å²) in [5.74, 6) is -0.653. The van der Waals surface area contributed by atoms with E-state index in [0.29, 0.717) is 22.9 Å². The highest BCUT2D eigenvalue weighted by Gasteiger charge is 2.27. The molecule has 150 valence electrons. The van der Waals surface area contributed by atoms with E-state index < -0.39 is 17.2 Å². The third-order valence-corrected chi connectivity index (χ3v) is 5.96. The summed E-state index contributed by atoms with van der Waals surface area (Å²) in [5.41, 5.74) is 2.66. The van der Waals surface area contributed by atoms with E-state index in [-0.39, 0.29) is 17.6 Å². The highest BCUT2D eigenvalue weighted by molar-refractivity contribution is 5.76. The van der Waals surface area contributed by atoms with Crippen LogP contribution in [0.2, 0.25) is 0 Å². The number of halogens is 2. The molecule has 0 saturated carbocycles. The Hall–Kier alpha value is -3.41. The molecule has 2 atom stereocenters. The molecule has 6 heteroatoms. The third kappa shape index (κ3) is 3.09. The van der Waals surface area contributed by atoms with Crippen molar-refractivity contribution < 1.29 is 8.78 Å². The lowest BCUT2D eigenvalue weighted by atomic mass is 9.83. The van der Waals surface area contributed by atoms with Gasteiger partial charge >= 0.3 is 0 Å². The summed E-state index contributed by atoms with van der Waals surface area (Å²) >= 11 is 0. The SMILES string of the molecule is CC1=CCC2C=C(c3cc(F)c(Cn4cnc5cccnc5c4=O)c(F)c3)C=CC12. The van der Waals surface area contributed by atoms with E-state index in [2.05, 4.69) is 35.1 Å². The number of aromatic nitrogens is 3. The molecule has 5 rings (SSSR count). The number of pyridine rings is 1. The number of rotatable bonds is 3.